The van der Waals surface area contributed by atoms with Crippen LogP contribution in [0.5, 0.6) is 5.75 Å². The first kappa shape index (κ1) is 15.7. The van der Waals surface area contributed by atoms with Gasteiger partial charge in [-0.3, -0.25) is 10.1 Å². The molecule has 26 heavy (non-hydrogen) atoms. The fourth-order valence-electron chi connectivity index (χ4n) is 2.94. The quantitative estimate of drug-likeness (QED) is 0.434. The van der Waals surface area contributed by atoms with Crippen molar-refractivity contribution >= 4 is 16.5 Å². The van der Waals surface area contributed by atoms with Crippen molar-refractivity contribution in [1.29, 1.82) is 0 Å². The van der Waals surface area contributed by atoms with Gasteiger partial charge in [-0.2, -0.15) is 0 Å². The summed E-state index contributed by atoms with van der Waals surface area (Å²) in [5, 5.41) is 31.3. The van der Waals surface area contributed by atoms with E-state index in [1.165, 1.54) is 12.1 Å². The van der Waals surface area contributed by atoms with Crippen LogP contribution < -0.4 is 0 Å². The molecule has 0 unspecified atom stereocenters. The Kier molecular flexibility index (Phi) is 3.78. The minimum Gasteiger partial charge on any atom is -0.507 e. The van der Waals surface area contributed by atoms with Crippen LogP contribution in [0.1, 0.15) is 0 Å². The molecule has 0 aliphatic heterocycles. The van der Waals surface area contributed by atoms with Crippen molar-refractivity contribution in [2.45, 2.75) is 0 Å². The van der Waals surface area contributed by atoms with Gasteiger partial charge in [-0.15, -0.1) is 10.2 Å². The van der Waals surface area contributed by atoms with Gasteiger partial charge in [0.2, 0.25) is 0 Å². The normalized spacial score (nSPS) is 10.8. The number of aromatic hydroxyl groups is 1. The van der Waals surface area contributed by atoms with Crippen molar-refractivity contribution in [2.75, 3.05) is 0 Å². The highest BCUT2D eigenvalue weighted by atomic mass is 16.6. The summed E-state index contributed by atoms with van der Waals surface area (Å²) in [5.74, 6) is 0.0777. The molecule has 0 saturated carbocycles. The van der Waals surface area contributed by atoms with Crippen LogP contribution in [-0.2, 0) is 0 Å². The predicted molar refractivity (Wildman–Crippen MR) is 98.7 cm³/mol. The monoisotopic (exact) mass is 343 g/mol. The number of rotatable bonds is 3. The zero-order valence-corrected chi connectivity index (χ0v) is 13.5. The SMILES string of the molecule is O=[N+]([O-])c1ccc2c(-c3ccccc3O)nnc(-c3ccccc3)c2c1. The van der Waals surface area contributed by atoms with Gasteiger partial charge in [0.25, 0.3) is 5.69 Å². The first-order valence-electron chi connectivity index (χ1n) is 7.94. The maximum Gasteiger partial charge on any atom is 0.270 e. The van der Waals surface area contributed by atoms with Crippen LogP contribution >= 0.6 is 0 Å². The number of nitro groups is 1. The second-order valence-corrected chi connectivity index (χ2v) is 5.77. The van der Waals surface area contributed by atoms with Crippen molar-refractivity contribution < 1.29 is 10.0 Å². The number of hydrogen-bond acceptors (Lipinski definition) is 5. The standard InChI is InChI=1S/C20H13N3O3/c24-18-9-5-4-8-16(18)20-15-11-10-14(23(25)26)12-17(15)19(21-22-20)13-6-2-1-3-7-13/h1-12,24H. The summed E-state index contributed by atoms with van der Waals surface area (Å²) in [4.78, 5) is 10.8. The molecule has 1 heterocycles. The molecule has 0 aliphatic rings. The largest absolute Gasteiger partial charge is 0.507 e. The lowest BCUT2D eigenvalue weighted by molar-refractivity contribution is -0.384. The average molecular weight is 343 g/mol. The van der Waals surface area contributed by atoms with Gasteiger partial charge in [0.1, 0.15) is 17.1 Å². The zero-order chi connectivity index (χ0) is 18.1. The van der Waals surface area contributed by atoms with Crippen LogP contribution in [0, 0.1) is 10.1 Å². The summed E-state index contributed by atoms with van der Waals surface area (Å²) in [6.07, 6.45) is 0. The minimum atomic E-state index is -0.436. The van der Waals surface area contributed by atoms with E-state index in [1.807, 2.05) is 30.3 Å². The van der Waals surface area contributed by atoms with E-state index < -0.39 is 4.92 Å². The van der Waals surface area contributed by atoms with Crippen LogP contribution in [0.25, 0.3) is 33.3 Å². The Hall–Kier alpha value is -3.80. The van der Waals surface area contributed by atoms with E-state index >= 15 is 0 Å². The molecule has 0 aliphatic carbocycles. The second kappa shape index (κ2) is 6.25. The first-order chi connectivity index (χ1) is 12.6. The van der Waals surface area contributed by atoms with E-state index in [9.17, 15) is 15.2 Å². The lowest BCUT2D eigenvalue weighted by Crippen LogP contribution is -1.96. The van der Waals surface area contributed by atoms with E-state index in [4.69, 9.17) is 0 Å². The summed E-state index contributed by atoms with van der Waals surface area (Å²) in [6, 6.07) is 20.8. The molecule has 1 N–H and O–H groups in total. The first-order valence-corrected chi connectivity index (χ1v) is 7.94. The maximum absolute atomic E-state index is 11.2. The number of fused-ring (bicyclic) bond motifs is 1. The molecule has 4 aromatic rings. The summed E-state index contributed by atoms with van der Waals surface area (Å²) >= 11 is 0. The molecule has 0 spiro atoms. The number of nitrogens with zero attached hydrogens (tertiary/aromatic N) is 3. The topological polar surface area (TPSA) is 89.2 Å². The van der Waals surface area contributed by atoms with Crippen molar-refractivity contribution in [3.63, 3.8) is 0 Å². The van der Waals surface area contributed by atoms with E-state index in [0.717, 1.165) is 5.56 Å². The summed E-state index contributed by atoms with van der Waals surface area (Å²) in [6.45, 7) is 0. The Balaban J connectivity index is 2.06. The number of nitro benzene ring substituents is 1. The molecule has 126 valence electrons. The number of phenolic OH excluding ortho intramolecular Hbond substituents is 1. The molecule has 0 fully saturated rings. The van der Waals surface area contributed by atoms with E-state index in [0.29, 0.717) is 27.7 Å². The van der Waals surface area contributed by atoms with Crippen molar-refractivity contribution in [3.8, 4) is 28.3 Å². The smallest absolute Gasteiger partial charge is 0.270 e. The molecule has 1 aromatic heterocycles. The molecule has 6 nitrogen and oxygen atoms in total. The Morgan fingerprint density at radius 2 is 1.50 bits per heavy atom. The Morgan fingerprint density at radius 3 is 2.23 bits per heavy atom. The van der Waals surface area contributed by atoms with Gasteiger partial charge in [0, 0.05) is 34.0 Å². The van der Waals surface area contributed by atoms with Gasteiger partial charge in [0.15, 0.2) is 0 Å². The second-order valence-electron chi connectivity index (χ2n) is 5.77. The highest BCUT2D eigenvalue weighted by molar-refractivity contribution is 6.03. The van der Waals surface area contributed by atoms with E-state index in [1.54, 1.807) is 30.3 Å². The van der Waals surface area contributed by atoms with Gasteiger partial charge in [0.05, 0.1) is 4.92 Å². The molecule has 0 bridgehead atoms. The van der Waals surface area contributed by atoms with Crippen molar-refractivity contribution in [2.24, 2.45) is 0 Å². The molecule has 4 rings (SSSR count). The number of phenols is 1. The summed E-state index contributed by atoms with van der Waals surface area (Å²) in [5.41, 5.74) is 2.36. The Morgan fingerprint density at radius 1 is 0.808 bits per heavy atom. The number of benzene rings is 3. The van der Waals surface area contributed by atoms with Crippen LogP contribution in [0.4, 0.5) is 5.69 Å². The third-order valence-electron chi connectivity index (χ3n) is 4.18. The minimum absolute atomic E-state index is 0.0223. The molecular weight excluding hydrogens is 330 g/mol. The Labute approximate surface area is 148 Å². The van der Waals surface area contributed by atoms with E-state index in [-0.39, 0.29) is 11.4 Å². The van der Waals surface area contributed by atoms with Gasteiger partial charge in [-0.05, 0) is 18.2 Å². The highest BCUT2D eigenvalue weighted by Crippen LogP contribution is 2.37. The number of non-ortho nitro benzene ring substituents is 1. The number of aromatic nitrogens is 2. The predicted octanol–water partition coefficient (Wildman–Crippen LogP) is 4.58. The van der Waals surface area contributed by atoms with Crippen molar-refractivity contribution in [3.05, 3.63) is 82.9 Å². The van der Waals surface area contributed by atoms with Crippen LogP contribution in [-0.4, -0.2) is 20.2 Å². The maximum atomic E-state index is 11.2. The third-order valence-corrected chi connectivity index (χ3v) is 4.18. The number of para-hydroxylation sites is 1. The molecule has 0 amide bonds. The Bertz CT molecular complexity index is 1130. The van der Waals surface area contributed by atoms with Crippen molar-refractivity contribution in [1.82, 2.24) is 10.2 Å². The van der Waals surface area contributed by atoms with Gasteiger partial charge >= 0.3 is 0 Å². The van der Waals surface area contributed by atoms with Crippen LogP contribution in [0.2, 0.25) is 0 Å². The van der Waals surface area contributed by atoms with Gasteiger partial charge in [-0.1, -0.05) is 42.5 Å². The zero-order valence-electron chi connectivity index (χ0n) is 13.5. The average Bonchev–Trinajstić information content (AvgIpc) is 2.68. The lowest BCUT2D eigenvalue weighted by Gasteiger charge is -2.10. The summed E-state index contributed by atoms with van der Waals surface area (Å²) < 4.78 is 0. The fraction of sp³-hybridized carbons (Fsp3) is 0. The highest BCUT2D eigenvalue weighted by Gasteiger charge is 2.17. The molecule has 6 heteroatoms. The molecule has 0 atom stereocenters. The third kappa shape index (κ3) is 2.63. The lowest BCUT2D eigenvalue weighted by atomic mass is 9.99. The van der Waals surface area contributed by atoms with Crippen LogP contribution in [0.3, 0.4) is 0 Å². The molecular formula is C20H13N3O3. The van der Waals surface area contributed by atoms with Gasteiger partial charge in [-0.25, -0.2) is 0 Å². The summed E-state index contributed by atoms with van der Waals surface area (Å²) in [7, 11) is 0. The van der Waals surface area contributed by atoms with Gasteiger partial charge < -0.3 is 5.11 Å². The molecule has 0 radical (unpaired) electrons. The molecule has 0 saturated heterocycles. The van der Waals surface area contributed by atoms with E-state index in [2.05, 4.69) is 10.2 Å². The van der Waals surface area contributed by atoms with Crippen LogP contribution in [0.15, 0.2) is 72.8 Å². The molecule has 3 aromatic carbocycles. The fourth-order valence-corrected chi connectivity index (χ4v) is 2.94. The number of hydrogen-bond donors (Lipinski definition) is 1.